The molecule has 94 valence electrons. The van der Waals surface area contributed by atoms with E-state index in [9.17, 15) is 8.42 Å². The molecule has 0 fully saturated rings. The molecule has 5 heteroatoms. The second-order valence-electron chi connectivity index (χ2n) is 4.25. The van der Waals surface area contributed by atoms with E-state index < -0.39 is 10.1 Å². The summed E-state index contributed by atoms with van der Waals surface area (Å²) in [5.41, 5.74) is 2.08. The quantitative estimate of drug-likeness (QED) is 0.777. The fourth-order valence-corrected chi connectivity index (χ4v) is 2.79. The van der Waals surface area contributed by atoms with Crippen LogP contribution in [-0.2, 0) is 20.7 Å². The molecule has 0 saturated heterocycles. The summed E-state index contributed by atoms with van der Waals surface area (Å²) in [5, 5.41) is 0. The van der Waals surface area contributed by atoms with Crippen molar-refractivity contribution in [2.45, 2.75) is 25.4 Å². The van der Waals surface area contributed by atoms with E-state index in [4.69, 9.17) is 8.92 Å². The summed E-state index contributed by atoms with van der Waals surface area (Å²) >= 11 is 0. The smallest absolute Gasteiger partial charge is 0.264 e. The van der Waals surface area contributed by atoms with Crippen LogP contribution in [0.4, 0.5) is 0 Å². The first-order valence-corrected chi connectivity index (χ1v) is 7.36. The summed E-state index contributed by atoms with van der Waals surface area (Å²) in [6.45, 7) is 0. The van der Waals surface area contributed by atoms with E-state index in [1.54, 1.807) is 7.11 Å². The second kappa shape index (κ2) is 4.66. The topological polar surface area (TPSA) is 52.6 Å². The molecular weight excluding hydrogens is 240 g/mol. The Morgan fingerprint density at radius 1 is 1.35 bits per heavy atom. The molecule has 1 unspecified atom stereocenters. The zero-order chi connectivity index (χ0) is 12.5. The summed E-state index contributed by atoms with van der Waals surface area (Å²) in [6.07, 6.45) is 3.35. The SMILES string of the molecule is COc1ccc2c(c1)C(OS(C)(=O)=O)CCC2. The first-order valence-electron chi connectivity index (χ1n) is 5.54. The Morgan fingerprint density at radius 3 is 2.76 bits per heavy atom. The van der Waals surface area contributed by atoms with Gasteiger partial charge in [-0.05, 0) is 42.5 Å². The van der Waals surface area contributed by atoms with Crippen molar-refractivity contribution in [3.05, 3.63) is 29.3 Å². The van der Waals surface area contributed by atoms with Crippen LogP contribution in [0.3, 0.4) is 0 Å². The third-order valence-corrected chi connectivity index (χ3v) is 3.49. The minimum atomic E-state index is -3.43. The van der Waals surface area contributed by atoms with E-state index in [0.29, 0.717) is 0 Å². The Kier molecular flexibility index (Phi) is 3.40. The monoisotopic (exact) mass is 256 g/mol. The predicted octanol–water partition coefficient (Wildman–Crippen LogP) is 2.05. The normalized spacial score (nSPS) is 19.8. The van der Waals surface area contributed by atoms with Crippen LogP contribution in [0, 0.1) is 0 Å². The van der Waals surface area contributed by atoms with Crippen LogP contribution in [0.2, 0.25) is 0 Å². The van der Waals surface area contributed by atoms with Gasteiger partial charge in [0.25, 0.3) is 10.1 Å². The minimum absolute atomic E-state index is 0.371. The predicted molar refractivity (Wildman–Crippen MR) is 64.6 cm³/mol. The highest BCUT2D eigenvalue weighted by Crippen LogP contribution is 2.35. The maximum atomic E-state index is 11.2. The average molecular weight is 256 g/mol. The molecule has 0 aliphatic heterocycles. The van der Waals surface area contributed by atoms with Crippen LogP contribution in [0.5, 0.6) is 5.75 Å². The lowest BCUT2D eigenvalue weighted by molar-refractivity contribution is 0.192. The van der Waals surface area contributed by atoms with Gasteiger partial charge < -0.3 is 4.74 Å². The van der Waals surface area contributed by atoms with E-state index in [1.165, 1.54) is 0 Å². The van der Waals surface area contributed by atoms with Gasteiger partial charge in [-0.1, -0.05) is 6.07 Å². The van der Waals surface area contributed by atoms with Gasteiger partial charge in [-0.2, -0.15) is 8.42 Å². The van der Waals surface area contributed by atoms with Crippen molar-refractivity contribution in [1.29, 1.82) is 0 Å². The van der Waals surface area contributed by atoms with Gasteiger partial charge in [0, 0.05) is 0 Å². The Labute approximate surface area is 102 Å². The highest BCUT2D eigenvalue weighted by Gasteiger charge is 2.24. The zero-order valence-corrected chi connectivity index (χ0v) is 10.8. The summed E-state index contributed by atoms with van der Waals surface area (Å²) in [7, 11) is -1.83. The molecule has 1 atom stereocenters. The molecule has 0 spiro atoms. The largest absolute Gasteiger partial charge is 0.497 e. The number of fused-ring (bicyclic) bond motifs is 1. The van der Waals surface area contributed by atoms with Crippen molar-refractivity contribution in [1.82, 2.24) is 0 Å². The number of hydrogen-bond donors (Lipinski definition) is 0. The summed E-state index contributed by atoms with van der Waals surface area (Å²) < 4.78 is 32.7. The lowest BCUT2D eigenvalue weighted by atomic mass is 9.89. The van der Waals surface area contributed by atoms with Gasteiger partial charge in [-0.15, -0.1) is 0 Å². The Morgan fingerprint density at radius 2 is 2.12 bits per heavy atom. The van der Waals surface area contributed by atoms with Gasteiger partial charge >= 0.3 is 0 Å². The first-order chi connectivity index (χ1) is 7.99. The summed E-state index contributed by atoms with van der Waals surface area (Å²) in [4.78, 5) is 0. The van der Waals surface area contributed by atoms with Crippen LogP contribution < -0.4 is 4.74 Å². The van der Waals surface area contributed by atoms with Crippen LogP contribution in [0.15, 0.2) is 18.2 Å². The number of methoxy groups -OCH3 is 1. The molecule has 0 heterocycles. The fraction of sp³-hybridized carbons (Fsp3) is 0.500. The number of hydrogen-bond acceptors (Lipinski definition) is 4. The molecule has 0 N–H and O–H groups in total. The van der Waals surface area contributed by atoms with E-state index >= 15 is 0 Å². The fourth-order valence-electron chi connectivity index (χ4n) is 2.17. The van der Waals surface area contributed by atoms with Gasteiger partial charge in [-0.25, -0.2) is 0 Å². The molecule has 0 bridgehead atoms. The maximum absolute atomic E-state index is 11.2. The van der Waals surface area contributed by atoms with Crippen LogP contribution >= 0.6 is 0 Å². The van der Waals surface area contributed by atoms with E-state index in [-0.39, 0.29) is 6.10 Å². The molecule has 1 aromatic rings. The van der Waals surface area contributed by atoms with Crippen molar-refractivity contribution in [3.63, 3.8) is 0 Å². The molecule has 0 radical (unpaired) electrons. The average Bonchev–Trinajstić information content (AvgIpc) is 2.27. The molecule has 0 aromatic heterocycles. The zero-order valence-electron chi connectivity index (χ0n) is 9.97. The molecule has 0 amide bonds. The molecule has 1 aliphatic rings. The lowest BCUT2D eigenvalue weighted by Gasteiger charge is -2.24. The van der Waals surface area contributed by atoms with Crippen LogP contribution in [0.25, 0.3) is 0 Å². The standard InChI is InChI=1S/C12H16O4S/c1-15-10-7-6-9-4-3-5-12(11(9)8-10)16-17(2,13)14/h6-8,12H,3-5H2,1-2H3. The van der Waals surface area contributed by atoms with Crippen LogP contribution in [-0.4, -0.2) is 21.8 Å². The first kappa shape index (κ1) is 12.4. The van der Waals surface area contributed by atoms with Crippen molar-refractivity contribution in [3.8, 4) is 5.75 Å². The molecule has 17 heavy (non-hydrogen) atoms. The molecule has 1 aliphatic carbocycles. The van der Waals surface area contributed by atoms with Gasteiger partial charge in [-0.3, -0.25) is 4.18 Å². The van der Waals surface area contributed by atoms with Gasteiger partial charge in [0.1, 0.15) is 11.9 Å². The summed E-state index contributed by atoms with van der Waals surface area (Å²) in [6, 6.07) is 5.73. The van der Waals surface area contributed by atoms with Crippen molar-refractivity contribution >= 4 is 10.1 Å². The van der Waals surface area contributed by atoms with E-state index in [0.717, 1.165) is 42.4 Å². The number of rotatable bonds is 3. The molecule has 4 nitrogen and oxygen atoms in total. The van der Waals surface area contributed by atoms with Gasteiger partial charge in [0.2, 0.25) is 0 Å². The molecule has 1 aromatic carbocycles. The Bertz CT molecular complexity index is 507. The van der Waals surface area contributed by atoms with Gasteiger partial charge in [0.05, 0.1) is 13.4 Å². The maximum Gasteiger partial charge on any atom is 0.264 e. The number of aryl methyl sites for hydroxylation is 1. The Balaban J connectivity index is 2.35. The van der Waals surface area contributed by atoms with Crippen molar-refractivity contribution in [2.75, 3.05) is 13.4 Å². The third kappa shape index (κ3) is 2.98. The highest BCUT2D eigenvalue weighted by atomic mass is 32.2. The lowest BCUT2D eigenvalue weighted by Crippen LogP contribution is -2.16. The summed E-state index contributed by atoms with van der Waals surface area (Å²) in [5.74, 6) is 0.729. The van der Waals surface area contributed by atoms with Crippen molar-refractivity contribution < 1.29 is 17.3 Å². The molecule has 0 saturated carbocycles. The van der Waals surface area contributed by atoms with E-state index in [2.05, 4.69) is 0 Å². The molecular formula is C12H16O4S. The van der Waals surface area contributed by atoms with Crippen LogP contribution in [0.1, 0.15) is 30.1 Å². The third-order valence-electron chi connectivity index (χ3n) is 2.90. The highest BCUT2D eigenvalue weighted by molar-refractivity contribution is 7.86. The number of ether oxygens (including phenoxy) is 1. The minimum Gasteiger partial charge on any atom is -0.497 e. The van der Waals surface area contributed by atoms with Crippen molar-refractivity contribution in [2.24, 2.45) is 0 Å². The van der Waals surface area contributed by atoms with E-state index in [1.807, 2.05) is 18.2 Å². The number of benzene rings is 1. The molecule has 2 rings (SSSR count). The van der Waals surface area contributed by atoms with Gasteiger partial charge in [0.15, 0.2) is 0 Å². The Hall–Kier alpha value is -1.07. The second-order valence-corrected chi connectivity index (χ2v) is 5.85.